The van der Waals surface area contributed by atoms with Crippen molar-refractivity contribution < 1.29 is 16.8 Å². The molecule has 1 atom stereocenters. The van der Waals surface area contributed by atoms with Crippen LogP contribution >= 0.6 is 0 Å². The standard InChI is InChI=1S/C16H19N3O4S2/c1-12-2-5-15(6-3-12)25(22,23)19-16-7-4-13(10-17-16)18-14-8-9-24(20,21)11-14/h2-7,10,14,18H,8-9,11H2,1H3,(H,17,19). The van der Waals surface area contributed by atoms with Crippen molar-refractivity contribution in [2.75, 3.05) is 21.5 Å². The number of nitrogens with zero attached hydrogens (tertiary/aromatic N) is 1. The predicted molar refractivity (Wildman–Crippen MR) is 96.9 cm³/mol. The average molecular weight is 381 g/mol. The Balaban J connectivity index is 1.67. The van der Waals surface area contributed by atoms with Gasteiger partial charge in [0.2, 0.25) is 0 Å². The molecule has 1 unspecified atom stereocenters. The van der Waals surface area contributed by atoms with Crippen LogP contribution in [0.15, 0.2) is 47.5 Å². The van der Waals surface area contributed by atoms with Gasteiger partial charge in [-0.25, -0.2) is 21.8 Å². The molecule has 1 aromatic carbocycles. The van der Waals surface area contributed by atoms with Gasteiger partial charge in [0.05, 0.1) is 28.3 Å². The lowest BCUT2D eigenvalue weighted by atomic mass is 10.2. The fraction of sp³-hybridized carbons (Fsp3) is 0.312. The van der Waals surface area contributed by atoms with E-state index in [1.54, 1.807) is 18.2 Å². The molecule has 134 valence electrons. The highest BCUT2D eigenvalue weighted by molar-refractivity contribution is 7.92. The van der Waals surface area contributed by atoms with E-state index >= 15 is 0 Å². The Morgan fingerprint density at radius 3 is 2.40 bits per heavy atom. The van der Waals surface area contributed by atoms with Crippen LogP contribution in [0, 0.1) is 6.92 Å². The smallest absolute Gasteiger partial charge is 0.263 e. The monoisotopic (exact) mass is 381 g/mol. The van der Waals surface area contributed by atoms with Crippen molar-refractivity contribution in [2.45, 2.75) is 24.3 Å². The van der Waals surface area contributed by atoms with Crippen LogP contribution in [0.1, 0.15) is 12.0 Å². The Kier molecular flexibility index (Phi) is 4.70. The van der Waals surface area contributed by atoms with E-state index in [2.05, 4.69) is 15.0 Å². The van der Waals surface area contributed by atoms with Gasteiger partial charge >= 0.3 is 0 Å². The zero-order valence-corrected chi connectivity index (χ0v) is 15.3. The maximum absolute atomic E-state index is 12.3. The van der Waals surface area contributed by atoms with Gasteiger partial charge in [0, 0.05) is 6.04 Å². The number of aryl methyl sites for hydroxylation is 1. The van der Waals surface area contributed by atoms with Gasteiger partial charge in [0.1, 0.15) is 5.82 Å². The van der Waals surface area contributed by atoms with E-state index in [1.165, 1.54) is 24.4 Å². The van der Waals surface area contributed by atoms with Crippen molar-refractivity contribution >= 4 is 31.4 Å². The topological polar surface area (TPSA) is 105 Å². The number of hydrogen-bond acceptors (Lipinski definition) is 6. The first kappa shape index (κ1) is 17.7. The minimum Gasteiger partial charge on any atom is -0.380 e. The van der Waals surface area contributed by atoms with Crippen LogP contribution in [-0.4, -0.2) is 39.4 Å². The molecule has 1 saturated heterocycles. The summed E-state index contributed by atoms with van der Waals surface area (Å²) in [5, 5.41) is 3.11. The van der Waals surface area contributed by atoms with Gasteiger partial charge in [-0.1, -0.05) is 17.7 Å². The number of nitrogens with one attached hydrogen (secondary N) is 2. The number of benzene rings is 1. The molecule has 0 bridgehead atoms. The van der Waals surface area contributed by atoms with Gasteiger partial charge in [0.25, 0.3) is 10.0 Å². The summed E-state index contributed by atoms with van der Waals surface area (Å²) in [6.07, 6.45) is 2.04. The molecule has 0 spiro atoms. The first-order valence-electron chi connectivity index (χ1n) is 7.76. The Morgan fingerprint density at radius 2 is 1.84 bits per heavy atom. The maximum atomic E-state index is 12.3. The molecule has 0 aliphatic carbocycles. The van der Waals surface area contributed by atoms with E-state index in [0.717, 1.165) is 5.56 Å². The molecule has 7 nitrogen and oxygen atoms in total. The fourth-order valence-electron chi connectivity index (χ4n) is 2.60. The SMILES string of the molecule is Cc1ccc(S(=O)(=O)Nc2ccc(NC3CCS(=O)(=O)C3)cn2)cc1. The van der Waals surface area contributed by atoms with Crippen molar-refractivity contribution in [2.24, 2.45) is 0 Å². The van der Waals surface area contributed by atoms with Gasteiger partial charge in [-0.05, 0) is 37.6 Å². The van der Waals surface area contributed by atoms with E-state index in [1.807, 2.05) is 6.92 Å². The Hall–Kier alpha value is -2.13. The summed E-state index contributed by atoms with van der Waals surface area (Å²) in [4.78, 5) is 4.25. The number of pyridine rings is 1. The van der Waals surface area contributed by atoms with E-state index in [9.17, 15) is 16.8 Å². The number of sulfonamides is 1. The molecule has 1 fully saturated rings. The molecule has 0 amide bonds. The van der Waals surface area contributed by atoms with Crippen LogP contribution in [0.5, 0.6) is 0 Å². The first-order valence-corrected chi connectivity index (χ1v) is 11.1. The van der Waals surface area contributed by atoms with Crippen LogP contribution in [0.3, 0.4) is 0 Å². The minimum atomic E-state index is -3.69. The molecule has 1 aliphatic rings. The van der Waals surface area contributed by atoms with E-state index in [-0.39, 0.29) is 28.3 Å². The van der Waals surface area contributed by atoms with Crippen LogP contribution < -0.4 is 10.0 Å². The van der Waals surface area contributed by atoms with Crippen molar-refractivity contribution in [1.82, 2.24) is 4.98 Å². The normalized spacial score (nSPS) is 19.5. The van der Waals surface area contributed by atoms with Crippen molar-refractivity contribution in [1.29, 1.82) is 0 Å². The molecule has 2 N–H and O–H groups in total. The molecule has 1 aliphatic heterocycles. The predicted octanol–water partition coefficient (Wildman–Crippen LogP) is 1.79. The fourth-order valence-corrected chi connectivity index (χ4v) is 5.28. The molecular formula is C16H19N3O4S2. The molecule has 2 aromatic rings. The summed E-state index contributed by atoms with van der Waals surface area (Å²) < 4.78 is 50.0. The van der Waals surface area contributed by atoms with Crippen molar-refractivity contribution in [3.63, 3.8) is 0 Å². The Morgan fingerprint density at radius 1 is 1.12 bits per heavy atom. The molecule has 0 radical (unpaired) electrons. The van der Waals surface area contributed by atoms with Crippen LogP contribution in [-0.2, 0) is 19.9 Å². The van der Waals surface area contributed by atoms with Crippen LogP contribution in [0.2, 0.25) is 0 Å². The summed E-state index contributed by atoms with van der Waals surface area (Å²) in [5.74, 6) is 0.492. The second-order valence-electron chi connectivity index (χ2n) is 6.09. The Bertz CT molecular complexity index is 953. The molecule has 9 heteroatoms. The number of anilines is 2. The van der Waals surface area contributed by atoms with Crippen molar-refractivity contribution in [3.8, 4) is 0 Å². The van der Waals surface area contributed by atoms with Gasteiger partial charge in [0.15, 0.2) is 9.84 Å². The summed E-state index contributed by atoms with van der Waals surface area (Å²) in [7, 11) is -6.65. The molecule has 0 saturated carbocycles. The first-order chi connectivity index (χ1) is 11.7. The molecule has 1 aromatic heterocycles. The number of hydrogen-bond donors (Lipinski definition) is 2. The quantitative estimate of drug-likeness (QED) is 0.818. The highest BCUT2D eigenvalue weighted by Crippen LogP contribution is 2.19. The number of rotatable bonds is 5. The van der Waals surface area contributed by atoms with E-state index in [4.69, 9.17) is 0 Å². The third-order valence-electron chi connectivity index (χ3n) is 3.94. The second kappa shape index (κ2) is 6.64. The summed E-state index contributed by atoms with van der Waals surface area (Å²) in [6.45, 7) is 1.88. The number of sulfone groups is 1. The Labute approximate surface area is 147 Å². The van der Waals surface area contributed by atoms with Gasteiger partial charge in [-0.2, -0.15) is 0 Å². The zero-order valence-electron chi connectivity index (χ0n) is 13.6. The molecule has 25 heavy (non-hydrogen) atoms. The van der Waals surface area contributed by atoms with Gasteiger partial charge < -0.3 is 5.32 Å². The van der Waals surface area contributed by atoms with Crippen molar-refractivity contribution in [3.05, 3.63) is 48.2 Å². The highest BCUT2D eigenvalue weighted by Gasteiger charge is 2.27. The largest absolute Gasteiger partial charge is 0.380 e. The molecule has 3 rings (SSSR count). The van der Waals surface area contributed by atoms with E-state index in [0.29, 0.717) is 12.1 Å². The minimum absolute atomic E-state index is 0.106. The average Bonchev–Trinajstić information content (AvgIpc) is 2.88. The summed E-state index contributed by atoms with van der Waals surface area (Å²) in [6, 6.07) is 9.60. The highest BCUT2D eigenvalue weighted by atomic mass is 32.2. The summed E-state index contributed by atoms with van der Waals surface area (Å²) >= 11 is 0. The number of aromatic nitrogens is 1. The summed E-state index contributed by atoms with van der Waals surface area (Å²) in [5.41, 5.74) is 1.63. The van der Waals surface area contributed by atoms with E-state index < -0.39 is 19.9 Å². The second-order valence-corrected chi connectivity index (χ2v) is 10.0. The van der Waals surface area contributed by atoms with Gasteiger partial charge in [-0.15, -0.1) is 0 Å². The molecule has 2 heterocycles. The van der Waals surface area contributed by atoms with Crippen LogP contribution in [0.25, 0.3) is 0 Å². The third-order valence-corrected chi connectivity index (χ3v) is 7.08. The lowest BCUT2D eigenvalue weighted by molar-refractivity contribution is 0.599. The third kappa shape index (κ3) is 4.49. The van der Waals surface area contributed by atoms with Gasteiger partial charge in [-0.3, -0.25) is 4.72 Å². The maximum Gasteiger partial charge on any atom is 0.263 e. The molecular weight excluding hydrogens is 362 g/mol. The lowest BCUT2D eigenvalue weighted by Gasteiger charge is -2.13. The van der Waals surface area contributed by atoms with Crippen LogP contribution in [0.4, 0.5) is 11.5 Å². The zero-order chi connectivity index (χ0) is 18.1. The lowest BCUT2D eigenvalue weighted by Crippen LogP contribution is -2.20.